The van der Waals surface area contributed by atoms with E-state index in [-0.39, 0.29) is 18.1 Å². The maximum Gasteiger partial charge on any atom is 0.335 e. The summed E-state index contributed by atoms with van der Waals surface area (Å²) in [6.07, 6.45) is 1.40. The molecule has 6 nitrogen and oxygen atoms in total. The number of urea groups is 1. The van der Waals surface area contributed by atoms with Crippen LogP contribution in [0.4, 0.5) is 10.5 Å². The first-order valence-electron chi connectivity index (χ1n) is 6.34. The van der Waals surface area contributed by atoms with E-state index in [0.29, 0.717) is 11.4 Å². The maximum atomic E-state index is 11.7. The van der Waals surface area contributed by atoms with Crippen molar-refractivity contribution in [3.8, 4) is 0 Å². The Morgan fingerprint density at radius 1 is 1.24 bits per heavy atom. The average molecular weight is 285 g/mol. The van der Waals surface area contributed by atoms with Crippen LogP contribution in [0.1, 0.15) is 21.6 Å². The minimum absolute atomic E-state index is 0.140. The first kappa shape index (κ1) is 14.5. The number of nitrogens with one attached hydrogen (secondary N) is 2. The van der Waals surface area contributed by atoms with Crippen LogP contribution in [0.2, 0.25) is 0 Å². The normalized spacial score (nSPS) is 9.95. The summed E-state index contributed by atoms with van der Waals surface area (Å²) in [4.78, 5) is 26.6. The number of aromatic carboxylic acids is 1. The van der Waals surface area contributed by atoms with Crippen molar-refractivity contribution in [3.05, 3.63) is 59.4 Å². The second kappa shape index (κ2) is 6.51. The number of amides is 2. The quantitative estimate of drug-likeness (QED) is 0.804. The fourth-order valence-electron chi connectivity index (χ4n) is 1.78. The highest BCUT2D eigenvalue weighted by molar-refractivity contribution is 5.89. The molecule has 21 heavy (non-hydrogen) atoms. The van der Waals surface area contributed by atoms with Gasteiger partial charge in [-0.15, -0.1) is 0 Å². The van der Waals surface area contributed by atoms with Gasteiger partial charge in [0.1, 0.15) is 0 Å². The molecule has 2 rings (SSSR count). The summed E-state index contributed by atoms with van der Waals surface area (Å²) in [5.74, 6) is -1.03. The van der Waals surface area contributed by atoms with Crippen LogP contribution in [0.25, 0.3) is 0 Å². The van der Waals surface area contributed by atoms with Gasteiger partial charge in [0, 0.05) is 11.9 Å². The van der Waals surface area contributed by atoms with E-state index in [1.807, 2.05) is 25.1 Å². The van der Waals surface area contributed by atoms with Gasteiger partial charge in [0.15, 0.2) is 0 Å². The number of carbonyl (C=O) groups excluding carboxylic acids is 1. The molecule has 1 aromatic heterocycles. The van der Waals surface area contributed by atoms with E-state index < -0.39 is 5.97 Å². The van der Waals surface area contributed by atoms with Gasteiger partial charge in [0.2, 0.25) is 0 Å². The number of pyridine rings is 1. The summed E-state index contributed by atoms with van der Waals surface area (Å²) in [6, 6.07) is 9.88. The van der Waals surface area contributed by atoms with Gasteiger partial charge in [-0.25, -0.2) is 9.59 Å². The largest absolute Gasteiger partial charge is 0.478 e. The van der Waals surface area contributed by atoms with Crippen LogP contribution in [0.5, 0.6) is 0 Å². The summed E-state index contributed by atoms with van der Waals surface area (Å²) in [5.41, 5.74) is 2.36. The first-order valence-corrected chi connectivity index (χ1v) is 6.34. The lowest BCUT2D eigenvalue weighted by atomic mass is 10.2. The molecule has 108 valence electrons. The standard InChI is InChI=1S/C15H15N3O3/c1-10-3-2-4-12(7-10)18-15(21)17-9-13-8-11(14(19)20)5-6-16-13/h2-8H,9H2,1H3,(H,19,20)(H2,17,18,21). The van der Waals surface area contributed by atoms with Gasteiger partial charge in [-0.05, 0) is 36.8 Å². The Hall–Kier alpha value is -2.89. The van der Waals surface area contributed by atoms with Crippen LogP contribution >= 0.6 is 0 Å². The highest BCUT2D eigenvalue weighted by atomic mass is 16.4. The second-order valence-corrected chi connectivity index (χ2v) is 4.52. The topological polar surface area (TPSA) is 91.3 Å². The van der Waals surface area contributed by atoms with Gasteiger partial charge < -0.3 is 15.7 Å². The Kier molecular flexibility index (Phi) is 4.50. The molecule has 0 bridgehead atoms. The molecular weight excluding hydrogens is 270 g/mol. The van der Waals surface area contributed by atoms with E-state index in [9.17, 15) is 9.59 Å². The Bertz CT molecular complexity index is 671. The van der Waals surface area contributed by atoms with Crippen LogP contribution < -0.4 is 10.6 Å². The molecule has 0 saturated carbocycles. The van der Waals surface area contributed by atoms with Crippen molar-refractivity contribution in [1.82, 2.24) is 10.3 Å². The number of benzene rings is 1. The van der Waals surface area contributed by atoms with Crippen molar-refractivity contribution in [3.63, 3.8) is 0 Å². The molecule has 0 spiro atoms. The molecule has 0 unspecified atom stereocenters. The number of carbonyl (C=O) groups is 2. The minimum Gasteiger partial charge on any atom is -0.478 e. The van der Waals surface area contributed by atoms with Gasteiger partial charge in [-0.1, -0.05) is 12.1 Å². The molecule has 0 aliphatic heterocycles. The Morgan fingerprint density at radius 2 is 2.05 bits per heavy atom. The lowest BCUT2D eigenvalue weighted by molar-refractivity contribution is 0.0696. The third-order valence-electron chi connectivity index (χ3n) is 2.77. The number of aromatic nitrogens is 1. The molecule has 6 heteroatoms. The van der Waals surface area contributed by atoms with Gasteiger partial charge in [0.05, 0.1) is 17.8 Å². The van der Waals surface area contributed by atoms with Crippen LogP contribution in [0, 0.1) is 6.92 Å². The average Bonchev–Trinajstić information content (AvgIpc) is 2.45. The molecule has 2 aromatic rings. The van der Waals surface area contributed by atoms with Gasteiger partial charge in [0.25, 0.3) is 0 Å². The van der Waals surface area contributed by atoms with Crippen LogP contribution in [-0.4, -0.2) is 22.1 Å². The van der Waals surface area contributed by atoms with Gasteiger partial charge in [-0.3, -0.25) is 4.98 Å². The molecule has 1 heterocycles. The molecule has 0 radical (unpaired) electrons. The van der Waals surface area contributed by atoms with E-state index in [0.717, 1.165) is 5.56 Å². The number of carboxylic acid groups (broad SMARTS) is 1. The van der Waals surface area contributed by atoms with Crippen molar-refractivity contribution < 1.29 is 14.7 Å². The fourth-order valence-corrected chi connectivity index (χ4v) is 1.78. The van der Waals surface area contributed by atoms with Crippen molar-refractivity contribution in [1.29, 1.82) is 0 Å². The predicted octanol–water partition coefficient (Wildman–Crippen LogP) is 2.41. The summed E-state index contributed by atoms with van der Waals surface area (Å²) in [6.45, 7) is 2.09. The Labute approximate surface area is 121 Å². The van der Waals surface area contributed by atoms with E-state index >= 15 is 0 Å². The number of hydrogen-bond acceptors (Lipinski definition) is 3. The Balaban J connectivity index is 1.92. The van der Waals surface area contributed by atoms with Crippen LogP contribution in [0.3, 0.4) is 0 Å². The molecule has 3 N–H and O–H groups in total. The molecule has 0 aliphatic rings. The third kappa shape index (κ3) is 4.31. The van der Waals surface area contributed by atoms with Crippen molar-refractivity contribution in [2.24, 2.45) is 0 Å². The van der Waals surface area contributed by atoms with E-state index in [2.05, 4.69) is 15.6 Å². The molecule has 0 atom stereocenters. The number of rotatable bonds is 4. The molecule has 1 aromatic carbocycles. The van der Waals surface area contributed by atoms with Gasteiger partial charge in [-0.2, -0.15) is 0 Å². The lowest BCUT2D eigenvalue weighted by Crippen LogP contribution is -2.28. The van der Waals surface area contributed by atoms with Crippen LogP contribution in [-0.2, 0) is 6.54 Å². The molecular formula is C15H15N3O3. The smallest absolute Gasteiger partial charge is 0.335 e. The molecule has 2 amide bonds. The summed E-state index contributed by atoms with van der Waals surface area (Å²) in [7, 11) is 0. The number of hydrogen-bond donors (Lipinski definition) is 3. The monoisotopic (exact) mass is 285 g/mol. The number of anilines is 1. The summed E-state index contributed by atoms with van der Waals surface area (Å²) >= 11 is 0. The SMILES string of the molecule is Cc1cccc(NC(=O)NCc2cc(C(=O)O)ccn2)c1. The zero-order valence-electron chi connectivity index (χ0n) is 11.5. The van der Waals surface area contributed by atoms with E-state index in [1.165, 1.54) is 18.3 Å². The van der Waals surface area contributed by atoms with E-state index in [1.54, 1.807) is 6.07 Å². The number of carboxylic acids is 1. The second-order valence-electron chi connectivity index (χ2n) is 4.52. The number of nitrogens with zero attached hydrogens (tertiary/aromatic N) is 1. The summed E-state index contributed by atoms with van der Waals surface area (Å²) < 4.78 is 0. The highest BCUT2D eigenvalue weighted by Crippen LogP contribution is 2.09. The zero-order chi connectivity index (χ0) is 15.2. The summed E-state index contributed by atoms with van der Waals surface area (Å²) in [5, 5.41) is 14.2. The fraction of sp³-hybridized carbons (Fsp3) is 0.133. The van der Waals surface area contributed by atoms with Crippen molar-refractivity contribution >= 4 is 17.7 Å². The van der Waals surface area contributed by atoms with Crippen molar-refractivity contribution in [2.75, 3.05) is 5.32 Å². The molecule has 0 saturated heterocycles. The highest BCUT2D eigenvalue weighted by Gasteiger charge is 2.06. The van der Waals surface area contributed by atoms with Crippen molar-refractivity contribution in [2.45, 2.75) is 13.5 Å². The maximum absolute atomic E-state index is 11.7. The van der Waals surface area contributed by atoms with E-state index in [4.69, 9.17) is 5.11 Å². The zero-order valence-corrected chi connectivity index (χ0v) is 11.5. The number of aryl methyl sites for hydroxylation is 1. The predicted molar refractivity (Wildman–Crippen MR) is 78.2 cm³/mol. The minimum atomic E-state index is -1.03. The Morgan fingerprint density at radius 3 is 2.76 bits per heavy atom. The third-order valence-corrected chi connectivity index (χ3v) is 2.77. The molecule has 0 aliphatic carbocycles. The first-order chi connectivity index (χ1) is 10.0. The molecule has 0 fully saturated rings. The van der Waals surface area contributed by atoms with Gasteiger partial charge >= 0.3 is 12.0 Å². The van der Waals surface area contributed by atoms with Crippen LogP contribution in [0.15, 0.2) is 42.6 Å². The lowest BCUT2D eigenvalue weighted by Gasteiger charge is -2.08.